The van der Waals surface area contributed by atoms with Crippen molar-refractivity contribution in [2.24, 2.45) is 5.73 Å². The van der Waals surface area contributed by atoms with Crippen molar-refractivity contribution in [1.82, 2.24) is 19.9 Å². The zero-order valence-electron chi connectivity index (χ0n) is 12.2. The average Bonchev–Trinajstić information content (AvgIpc) is 3.20. The summed E-state index contributed by atoms with van der Waals surface area (Å²) >= 11 is 1.32. The second kappa shape index (κ2) is 5.54. The molecule has 0 spiro atoms. The third kappa shape index (κ3) is 2.40. The molecule has 4 heterocycles. The van der Waals surface area contributed by atoms with Gasteiger partial charge in [-0.3, -0.25) is 9.78 Å². The lowest BCUT2D eigenvalue weighted by Crippen LogP contribution is -2.22. The van der Waals surface area contributed by atoms with Crippen LogP contribution < -0.4 is 10.6 Å². The maximum Gasteiger partial charge on any atom is 0.259 e. The number of hydrogen-bond acceptors (Lipinski definition) is 7. The Morgan fingerprint density at radius 2 is 1.96 bits per heavy atom. The predicted octanol–water partition coefficient (Wildman–Crippen LogP) is 1.57. The highest BCUT2D eigenvalue weighted by Gasteiger charge is 2.31. The van der Waals surface area contributed by atoms with Crippen molar-refractivity contribution < 1.29 is 4.79 Å². The molecule has 1 saturated heterocycles. The molecule has 1 amide bonds. The molecule has 2 N–H and O–H groups in total. The van der Waals surface area contributed by atoms with Crippen LogP contribution in [0.2, 0.25) is 0 Å². The van der Waals surface area contributed by atoms with Gasteiger partial charge in [-0.15, -0.1) is 11.3 Å². The first-order valence-corrected chi connectivity index (χ1v) is 8.11. The topological polar surface area (TPSA) is 97.9 Å². The number of fused-ring (bicyclic) bond motifs is 1. The minimum atomic E-state index is -0.417. The van der Waals surface area contributed by atoms with Crippen LogP contribution in [0.5, 0.6) is 0 Å². The number of rotatable bonds is 3. The van der Waals surface area contributed by atoms with E-state index in [4.69, 9.17) is 5.73 Å². The van der Waals surface area contributed by atoms with Gasteiger partial charge in [-0.05, 0) is 12.5 Å². The number of nitrogens with zero attached hydrogens (tertiary/aromatic N) is 5. The van der Waals surface area contributed by atoms with Crippen molar-refractivity contribution in [2.45, 2.75) is 12.3 Å². The third-order valence-electron chi connectivity index (χ3n) is 4.02. The quantitative estimate of drug-likeness (QED) is 0.784. The molecule has 0 aliphatic carbocycles. The summed E-state index contributed by atoms with van der Waals surface area (Å²) in [5, 5.41) is 0. The van der Waals surface area contributed by atoms with Gasteiger partial charge in [-0.25, -0.2) is 15.0 Å². The highest BCUT2D eigenvalue weighted by atomic mass is 32.1. The fraction of sp³-hybridized carbons (Fsp3) is 0.267. The third-order valence-corrected chi connectivity index (χ3v) is 5.14. The lowest BCUT2D eigenvalue weighted by atomic mass is 9.97. The first kappa shape index (κ1) is 14.0. The molecule has 1 atom stereocenters. The Bertz CT molecular complexity index is 865. The van der Waals surface area contributed by atoms with Crippen molar-refractivity contribution in [3.63, 3.8) is 0 Å². The van der Waals surface area contributed by atoms with E-state index in [2.05, 4.69) is 24.8 Å². The molecule has 3 aromatic rings. The van der Waals surface area contributed by atoms with Gasteiger partial charge in [0.1, 0.15) is 10.3 Å². The smallest absolute Gasteiger partial charge is 0.259 e. The summed E-state index contributed by atoms with van der Waals surface area (Å²) in [4.78, 5) is 32.6. The van der Waals surface area contributed by atoms with Gasteiger partial charge in [-0.1, -0.05) is 0 Å². The summed E-state index contributed by atoms with van der Waals surface area (Å²) in [6.07, 6.45) is 7.65. The lowest BCUT2D eigenvalue weighted by molar-refractivity contribution is 0.100. The van der Waals surface area contributed by atoms with Crippen LogP contribution in [-0.2, 0) is 0 Å². The van der Waals surface area contributed by atoms with Gasteiger partial charge in [0.25, 0.3) is 5.91 Å². The van der Waals surface area contributed by atoms with Crippen LogP contribution in [0.15, 0.2) is 30.9 Å². The maximum absolute atomic E-state index is 11.8. The van der Waals surface area contributed by atoms with Gasteiger partial charge in [0.15, 0.2) is 0 Å². The molecular weight excluding hydrogens is 312 g/mol. The van der Waals surface area contributed by atoms with Gasteiger partial charge < -0.3 is 10.6 Å². The molecule has 1 aliphatic rings. The lowest BCUT2D eigenvalue weighted by Gasteiger charge is -2.16. The van der Waals surface area contributed by atoms with E-state index in [0.717, 1.165) is 35.4 Å². The normalized spacial score (nSPS) is 17.7. The van der Waals surface area contributed by atoms with E-state index in [1.807, 2.05) is 0 Å². The number of anilines is 1. The van der Waals surface area contributed by atoms with Crippen LogP contribution in [-0.4, -0.2) is 38.9 Å². The Kier molecular flexibility index (Phi) is 3.38. The SMILES string of the molecule is NC(=O)c1sc2nccnc2c1[C@H]1CCN(c2ncccn2)C1. The van der Waals surface area contributed by atoms with Crippen LogP contribution in [0.25, 0.3) is 10.3 Å². The number of aromatic nitrogens is 4. The molecule has 0 saturated carbocycles. The summed E-state index contributed by atoms with van der Waals surface area (Å²) in [5.74, 6) is 0.465. The summed E-state index contributed by atoms with van der Waals surface area (Å²) in [5.41, 5.74) is 7.27. The van der Waals surface area contributed by atoms with Crippen molar-refractivity contribution in [1.29, 1.82) is 0 Å². The predicted molar refractivity (Wildman–Crippen MR) is 87.5 cm³/mol. The number of thiophene rings is 1. The molecule has 0 aromatic carbocycles. The first-order valence-electron chi connectivity index (χ1n) is 7.29. The van der Waals surface area contributed by atoms with E-state index in [1.165, 1.54) is 11.3 Å². The fourth-order valence-corrected chi connectivity index (χ4v) is 4.08. The molecule has 4 rings (SSSR count). The number of primary amides is 1. The molecule has 7 nitrogen and oxygen atoms in total. The fourth-order valence-electron chi connectivity index (χ4n) is 3.04. The van der Waals surface area contributed by atoms with E-state index < -0.39 is 5.91 Å². The van der Waals surface area contributed by atoms with Crippen LogP contribution in [0.3, 0.4) is 0 Å². The maximum atomic E-state index is 11.8. The summed E-state index contributed by atoms with van der Waals surface area (Å²) in [7, 11) is 0. The Balaban J connectivity index is 1.73. The molecule has 23 heavy (non-hydrogen) atoms. The van der Waals surface area contributed by atoms with Crippen molar-refractivity contribution in [2.75, 3.05) is 18.0 Å². The van der Waals surface area contributed by atoms with Gasteiger partial charge in [0.2, 0.25) is 5.95 Å². The second-order valence-corrected chi connectivity index (χ2v) is 6.40. The van der Waals surface area contributed by atoms with E-state index in [0.29, 0.717) is 10.8 Å². The van der Waals surface area contributed by atoms with Gasteiger partial charge in [-0.2, -0.15) is 0 Å². The minimum Gasteiger partial charge on any atom is -0.365 e. The average molecular weight is 326 g/mol. The number of hydrogen-bond donors (Lipinski definition) is 1. The highest BCUT2D eigenvalue weighted by molar-refractivity contribution is 7.20. The van der Waals surface area contributed by atoms with E-state index in [9.17, 15) is 4.79 Å². The molecule has 0 radical (unpaired) electrons. The molecule has 0 bridgehead atoms. The van der Waals surface area contributed by atoms with Crippen LogP contribution in [0, 0.1) is 0 Å². The molecule has 0 unspecified atom stereocenters. The standard InChI is InChI=1S/C15H14N6OS/c16-13(22)12-10(11-14(23-12)18-6-5-17-11)9-2-7-21(8-9)15-19-3-1-4-20-15/h1,3-6,9H,2,7-8H2,(H2,16,22)/t9-/m0/s1. The molecule has 1 fully saturated rings. The Hall–Kier alpha value is -2.61. The number of carbonyl (C=O) groups excluding carboxylic acids is 1. The molecule has 1 aliphatic heterocycles. The van der Waals surface area contributed by atoms with Gasteiger partial charge in [0, 0.05) is 49.4 Å². The largest absolute Gasteiger partial charge is 0.365 e. The minimum absolute atomic E-state index is 0.173. The zero-order chi connectivity index (χ0) is 15.8. The van der Waals surface area contributed by atoms with Gasteiger partial charge in [0.05, 0.1) is 4.88 Å². The first-order chi connectivity index (χ1) is 11.2. The summed E-state index contributed by atoms with van der Waals surface area (Å²) in [6, 6.07) is 1.80. The van der Waals surface area contributed by atoms with E-state index >= 15 is 0 Å². The van der Waals surface area contributed by atoms with E-state index in [1.54, 1.807) is 30.9 Å². The Morgan fingerprint density at radius 1 is 1.17 bits per heavy atom. The number of carbonyl (C=O) groups is 1. The zero-order valence-corrected chi connectivity index (χ0v) is 13.0. The van der Waals surface area contributed by atoms with Crippen molar-refractivity contribution >= 4 is 33.5 Å². The molecule has 116 valence electrons. The molecule has 3 aromatic heterocycles. The number of amides is 1. The Labute approximate surface area is 136 Å². The van der Waals surface area contributed by atoms with Crippen LogP contribution >= 0.6 is 11.3 Å². The Morgan fingerprint density at radius 3 is 2.74 bits per heavy atom. The van der Waals surface area contributed by atoms with Crippen molar-refractivity contribution in [3.05, 3.63) is 41.3 Å². The van der Waals surface area contributed by atoms with Crippen LogP contribution in [0.1, 0.15) is 27.6 Å². The van der Waals surface area contributed by atoms with Crippen molar-refractivity contribution in [3.8, 4) is 0 Å². The molecular formula is C15H14N6OS. The summed E-state index contributed by atoms with van der Waals surface area (Å²) in [6.45, 7) is 1.58. The second-order valence-electron chi connectivity index (χ2n) is 5.40. The monoisotopic (exact) mass is 326 g/mol. The number of nitrogens with two attached hydrogens (primary N) is 1. The molecule has 8 heteroatoms. The van der Waals surface area contributed by atoms with Crippen LogP contribution in [0.4, 0.5) is 5.95 Å². The summed E-state index contributed by atoms with van der Waals surface area (Å²) < 4.78 is 0. The van der Waals surface area contributed by atoms with E-state index in [-0.39, 0.29) is 5.92 Å². The highest BCUT2D eigenvalue weighted by Crippen LogP contribution is 2.38. The van der Waals surface area contributed by atoms with Gasteiger partial charge >= 0.3 is 0 Å².